The summed E-state index contributed by atoms with van der Waals surface area (Å²) in [7, 11) is 0. The fraction of sp³-hybridized carbons (Fsp3) is 0.375. The maximum absolute atomic E-state index is 12.4. The summed E-state index contributed by atoms with van der Waals surface area (Å²) in [5.41, 5.74) is 1.48. The molecule has 114 valence electrons. The number of hydrogen-bond donors (Lipinski definition) is 1. The number of hydrogen-bond acceptors (Lipinski definition) is 5. The first kappa shape index (κ1) is 14.4. The average molecular weight is 298 g/mol. The number of carbonyl (C=O) groups is 1. The maximum atomic E-state index is 12.4. The molecule has 0 aliphatic carbocycles. The summed E-state index contributed by atoms with van der Waals surface area (Å²) in [6, 6.07) is 3.41. The molecule has 2 aromatic rings. The molecule has 6 nitrogen and oxygen atoms in total. The Labute approximate surface area is 128 Å². The van der Waals surface area contributed by atoms with Gasteiger partial charge >= 0.3 is 0 Å². The Morgan fingerprint density at radius 2 is 2.09 bits per heavy atom. The van der Waals surface area contributed by atoms with E-state index in [1.165, 1.54) is 18.5 Å². The highest BCUT2D eigenvalue weighted by molar-refractivity contribution is 5.94. The first-order valence-corrected chi connectivity index (χ1v) is 7.36. The lowest BCUT2D eigenvalue weighted by Gasteiger charge is -2.31. The first-order valence-electron chi connectivity index (χ1n) is 7.36. The molecule has 0 bridgehead atoms. The molecule has 6 heteroatoms. The van der Waals surface area contributed by atoms with Crippen molar-refractivity contribution in [3.63, 3.8) is 0 Å². The molecule has 1 amide bonds. The Morgan fingerprint density at radius 1 is 1.32 bits per heavy atom. The second-order valence-electron chi connectivity index (χ2n) is 5.53. The number of aryl methyl sites for hydroxylation is 1. The number of piperidine rings is 1. The fourth-order valence-corrected chi connectivity index (χ4v) is 2.81. The van der Waals surface area contributed by atoms with Crippen molar-refractivity contribution >= 4 is 5.91 Å². The van der Waals surface area contributed by atoms with Crippen LogP contribution in [-0.4, -0.2) is 44.0 Å². The van der Waals surface area contributed by atoms with E-state index in [4.69, 9.17) is 0 Å². The molecule has 0 saturated carbocycles. The minimum atomic E-state index is -0.0827. The van der Waals surface area contributed by atoms with E-state index in [-0.39, 0.29) is 11.7 Å². The summed E-state index contributed by atoms with van der Waals surface area (Å²) in [4.78, 5) is 26.7. The highest BCUT2D eigenvalue weighted by atomic mass is 16.3. The van der Waals surface area contributed by atoms with Crippen LogP contribution in [0.25, 0.3) is 0 Å². The van der Waals surface area contributed by atoms with Gasteiger partial charge in [0.25, 0.3) is 5.91 Å². The number of nitrogens with zero attached hydrogens (tertiary/aromatic N) is 4. The van der Waals surface area contributed by atoms with Crippen molar-refractivity contribution < 1.29 is 9.90 Å². The predicted octanol–water partition coefficient (Wildman–Crippen LogP) is 1.91. The minimum absolute atomic E-state index is 0.0113. The number of aromatic nitrogens is 3. The standard InChI is InChI=1S/C16H18N4O2/c1-11-18-5-2-15(19-11)12-3-6-20(7-4-12)16(22)13-8-14(21)10-17-9-13/h2,5,8-10,12,21H,3-4,6-7H2,1H3. The Kier molecular flexibility index (Phi) is 4.00. The molecule has 0 atom stereocenters. The van der Waals surface area contributed by atoms with Crippen molar-refractivity contribution in [1.29, 1.82) is 0 Å². The fourth-order valence-electron chi connectivity index (χ4n) is 2.81. The smallest absolute Gasteiger partial charge is 0.255 e. The third kappa shape index (κ3) is 3.05. The van der Waals surface area contributed by atoms with Gasteiger partial charge in [0.1, 0.15) is 11.6 Å². The molecule has 0 aromatic carbocycles. The van der Waals surface area contributed by atoms with Crippen LogP contribution in [0.15, 0.2) is 30.7 Å². The molecular weight excluding hydrogens is 280 g/mol. The van der Waals surface area contributed by atoms with E-state index in [0.717, 1.165) is 24.4 Å². The van der Waals surface area contributed by atoms with Crippen LogP contribution in [0.5, 0.6) is 5.75 Å². The van der Waals surface area contributed by atoms with Gasteiger partial charge in [-0.15, -0.1) is 0 Å². The average Bonchev–Trinajstić information content (AvgIpc) is 2.54. The van der Waals surface area contributed by atoms with Crippen molar-refractivity contribution in [3.8, 4) is 5.75 Å². The zero-order valence-electron chi connectivity index (χ0n) is 12.4. The molecule has 3 heterocycles. The van der Waals surface area contributed by atoms with E-state index in [2.05, 4.69) is 15.0 Å². The van der Waals surface area contributed by atoms with Crippen LogP contribution in [0.1, 0.15) is 40.6 Å². The van der Waals surface area contributed by atoms with Gasteiger partial charge < -0.3 is 10.0 Å². The highest BCUT2D eigenvalue weighted by Crippen LogP contribution is 2.27. The Hall–Kier alpha value is -2.50. The van der Waals surface area contributed by atoms with Crippen molar-refractivity contribution in [2.75, 3.05) is 13.1 Å². The van der Waals surface area contributed by atoms with Gasteiger partial charge in [0.15, 0.2) is 0 Å². The van der Waals surface area contributed by atoms with E-state index in [9.17, 15) is 9.90 Å². The molecule has 1 aliphatic heterocycles. The van der Waals surface area contributed by atoms with Crippen molar-refractivity contribution in [2.24, 2.45) is 0 Å². The van der Waals surface area contributed by atoms with Crippen molar-refractivity contribution in [2.45, 2.75) is 25.7 Å². The van der Waals surface area contributed by atoms with Crippen LogP contribution in [0.2, 0.25) is 0 Å². The largest absolute Gasteiger partial charge is 0.506 e. The summed E-state index contributed by atoms with van der Waals surface area (Å²) in [5.74, 6) is 1.08. The molecular formula is C16H18N4O2. The van der Waals surface area contributed by atoms with E-state index >= 15 is 0 Å². The van der Waals surface area contributed by atoms with Crippen LogP contribution in [-0.2, 0) is 0 Å². The molecule has 0 radical (unpaired) electrons. The van der Waals surface area contributed by atoms with E-state index in [1.54, 1.807) is 11.1 Å². The molecule has 0 spiro atoms. The molecule has 2 aromatic heterocycles. The number of likely N-dealkylation sites (tertiary alicyclic amines) is 1. The second-order valence-corrected chi connectivity index (χ2v) is 5.53. The van der Waals surface area contributed by atoms with Gasteiger partial charge in [-0.25, -0.2) is 9.97 Å². The highest BCUT2D eigenvalue weighted by Gasteiger charge is 2.25. The topological polar surface area (TPSA) is 79.2 Å². The summed E-state index contributed by atoms with van der Waals surface area (Å²) < 4.78 is 0. The molecule has 1 fully saturated rings. The number of pyridine rings is 1. The van der Waals surface area contributed by atoms with Gasteiger partial charge in [0.2, 0.25) is 0 Å². The maximum Gasteiger partial charge on any atom is 0.255 e. The first-order chi connectivity index (χ1) is 10.6. The molecule has 22 heavy (non-hydrogen) atoms. The summed E-state index contributed by atoms with van der Waals surface area (Å²) >= 11 is 0. The molecule has 1 N–H and O–H groups in total. The van der Waals surface area contributed by atoms with Gasteiger partial charge in [-0.2, -0.15) is 0 Å². The van der Waals surface area contributed by atoms with Gasteiger partial charge in [-0.3, -0.25) is 9.78 Å². The molecule has 1 saturated heterocycles. The number of carbonyl (C=O) groups excluding carboxylic acids is 1. The van der Waals surface area contributed by atoms with Crippen molar-refractivity contribution in [3.05, 3.63) is 47.8 Å². The second kappa shape index (κ2) is 6.09. The lowest BCUT2D eigenvalue weighted by molar-refractivity contribution is 0.0711. The normalized spacial score (nSPS) is 15.8. The van der Waals surface area contributed by atoms with Gasteiger partial charge in [-0.05, 0) is 31.9 Å². The Bertz CT molecular complexity index is 681. The van der Waals surface area contributed by atoms with Crippen LogP contribution < -0.4 is 0 Å². The van der Waals surface area contributed by atoms with Gasteiger partial charge in [-0.1, -0.05) is 0 Å². The van der Waals surface area contributed by atoms with Crippen molar-refractivity contribution in [1.82, 2.24) is 19.9 Å². The lowest BCUT2D eigenvalue weighted by atomic mass is 9.93. The monoisotopic (exact) mass is 298 g/mol. The van der Waals surface area contributed by atoms with Crippen LogP contribution in [0.3, 0.4) is 0 Å². The quantitative estimate of drug-likeness (QED) is 0.916. The van der Waals surface area contributed by atoms with E-state index in [1.807, 2.05) is 13.0 Å². The number of rotatable bonds is 2. The number of amides is 1. The van der Waals surface area contributed by atoms with Gasteiger partial charge in [0.05, 0.1) is 11.8 Å². The lowest BCUT2D eigenvalue weighted by Crippen LogP contribution is -2.38. The molecule has 3 rings (SSSR count). The minimum Gasteiger partial charge on any atom is -0.506 e. The van der Waals surface area contributed by atoms with Crippen LogP contribution >= 0.6 is 0 Å². The van der Waals surface area contributed by atoms with Crippen LogP contribution in [0.4, 0.5) is 0 Å². The van der Waals surface area contributed by atoms with E-state index < -0.39 is 0 Å². The predicted molar refractivity (Wildman–Crippen MR) is 80.5 cm³/mol. The summed E-state index contributed by atoms with van der Waals surface area (Å²) in [6.07, 6.45) is 6.36. The SMILES string of the molecule is Cc1nccc(C2CCN(C(=O)c3cncc(O)c3)CC2)n1. The Balaban J connectivity index is 1.65. The zero-order chi connectivity index (χ0) is 15.5. The van der Waals surface area contributed by atoms with E-state index in [0.29, 0.717) is 24.6 Å². The third-order valence-corrected chi connectivity index (χ3v) is 3.97. The Morgan fingerprint density at radius 3 is 2.77 bits per heavy atom. The van der Waals surface area contributed by atoms with Gasteiger partial charge in [0, 0.05) is 37.1 Å². The van der Waals surface area contributed by atoms with Crippen LogP contribution in [0, 0.1) is 6.92 Å². The molecule has 1 aliphatic rings. The summed E-state index contributed by atoms with van der Waals surface area (Å²) in [5, 5.41) is 9.43. The molecule has 0 unspecified atom stereocenters. The zero-order valence-corrected chi connectivity index (χ0v) is 12.4. The number of aromatic hydroxyl groups is 1. The third-order valence-electron chi connectivity index (χ3n) is 3.97. The summed E-state index contributed by atoms with van der Waals surface area (Å²) in [6.45, 7) is 3.25.